The maximum absolute atomic E-state index is 12.7. The molecule has 0 bridgehead atoms. The minimum absolute atomic E-state index is 0.0355. The zero-order valence-corrected chi connectivity index (χ0v) is 19.0. The summed E-state index contributed by atoms with van der Waals surface area (Å²) < 4.78 is 5.43. The van der Waals surface area contributed by atoms with Crippen molar-refractivity contribution in [3.8, 4) is 0 Å². The Balaban J connectivity index is 2.70. The number of ether oxygens (including phenoxy) is 1. The summed E-state index contributed by atoms with van der Waals surface area (Å²) in [6, 6.07) is 7.55. The molecule has 0 aromatic heterocycles. The number of amides is 1. The van der Waals surface area contributed by atoms with E-state index < -0.39 is 6.04 Å². The van der Waals surface area contributed by atoms with E-state index in [2.05, 4.69) is 52.1 Å². The molecule has 0 aliphatic heterocycles. The van der Waals surface area contributed by atoms with Gasteiger partial charge < -0.3 is 10.1 Å². The average Bonchev–Trinajstić information content (AvgIpc) is 2.57. The first-order valence-corrected chi connectivity index (χ1v) is 10.5. The topological polar surface area (TPSA) is 55.4 Å². The van der Waals surface area contributed by atoms with Crippen molar-refractivity contribution in [1.29, 1.82) is 0 Å². The Kier molecular flexibility index (Phi) is 9.19. The van der Waals surface area contributed by atoms with Crippen molar-refractivity contribution in [2.45, 2.75) is 80.2 Å². The standard InChI is InChI=1S/C24H39NO3/c1-16(2)15-19-9-11-20(12-10-19)18(5)22(26)25-21(17(3)4)23(27)28-14-13-24(6,7)8/h9-12,16-18,21H,13-15H2,1-8H3,(H,25,26). The lowest BCUT2D eigenvalue weighted by atomic mass is 9.93. The summed E-state index contributed by atoms with van der Waals surface area (Å²) in [6.45, 7) is 16.8. The monoisotopic (exact) mass is 389 g/mol. The molecule has 158 valence electrons. The van der Waals surface area contributed by atoms with E-state index in [1.807, 2.05) is 32.9 Å². The molecule has 0 heterocycles. The van der Waals surface area contributed by atoms with Crippen LogP contribution in [0.2, 0.25) is 0 Å². The molecule has 0 fully saturated rings. The maximum atomic E-state index is 12.7. The molecule has 0 aliphatic carbocycles. The smallest absolute Gasteiger partial charge is 0.328 e. The third-order valence-corrected chi connectivity index (χ3v) is 4.83. The summed E-state index contributed by atoms with van der Waals surface area (Å²) in [5.41, 5.74) is 2.33. The minimum Gasteiger partial charge on any atom is -0.464 e. The zero-order chi connectivity index (χ0) is 21.5. The third kappa shape index (κ3) is 8.45. The van der Waals surface area contributed by atoms with E-state index in [9.17, 15) is 9.59 Å². The molecule has 1 rings (SSSR count). The van der Waals surface area contributed by atoms with Crippen molar-refractivity contribution in [1.82, 2.24) is 5.32 Å². The van der Waals surface area contributed by atoms with Crippen molar-refractivity contribution < 1.29 is 14.3 Å². The Labute approximate surface area is 171 Å². The molecule has 0 radical (unpaired) electrons. The van der Waals surface area contributed by atoms with Crippen LogP contribution in [0.4, 0.5) is 0 Å². The molecule has 2 unspecified atom stereocenters. The predicted octanol–water partition coefficient (Wildman–Crippen LogP) is 5.11. The summed E-state index contributed by atoms with van der Waals surface area (Å²) in [7, 11) is 0. The van der Waals surface area contributed by atoms with Gasteiger partial charge in [0.15, 0.2) is 0 Å². The molecular weight excluding hydrogens is 350 g/mol. The zero-order valence-electron chi connectivity index (χ0n) is 19.0. The van der Waals surface area contributed by atoms with Crippen LogP contribution >= 0.6 is 0 Å². The number of nitrogens with one attached hydrogen (secondary N) is 1. The number of hydrogen-bond acceptors (Lipinski definition) is 3. The van der Waals surface area contributed by atoms with Gasteiger partial charge in [0.05, 0.1) is 12.5 Å². The van der Waals surface area contributed by atoms with Crippen LogP contribution in [0.15, 0.2) is 24.3 Å². The summed E-state index contributed by atoms with van der Waals surface area (Å²) in [6.07, 6.45) is 1.81. The highest BCUT2D eigenvalue weighted by Gasteiger charge is 2.28. The highest BCUT2D eigenvalue weighted by Crippen LogP contribution is 2.20. The SMILES string of the molecule is CC(C)Cc1ccc(C(C)C(=O)NC(C(=O)OCCC(C)(C)C)C(C)C)cc1. The molecule has 1 N–H and O–H groups in total. The maximum Gasteiger partial charge on any atom is 0.328 e. The van der Waals surface area contributed by atoms with E-state index in [0.29, 0.717) is 12.5 Å². The first-order chi connectivity index (χ1) is 12.9. The quantitative estimate of drug-likeness (QED) is 0.597. The molecule has 1 aromatic rings. The van der Waals surface area contributed by atoms with E-state index in [1.54, 1.807) is 0 Å². The van der Waals surface area contributed by atoms with Crippen LogP contribution in [-0.4, -0.2) is 24.5 Å². The van der Waals surface area contributed by atoms with Crippen molar-refractivity contribution in [2.75, 3.05) is 6.61 Å². The third-order valence-electron chi connectivity index (χ3n) is 4.83. The fourth-order valence-corrected chi connectivity index (χ4v) is 2.89. The van der Waals surface area contributed by atoms with Gasteiger partial charge in [-0.3, -0.25) is 4.79 Å². The van der Waals surface area contributed by atoms with Gasteiger partial charge in [-0.25, -0.2) is 4.79 Å². The molecule has 0 aliphatic rings. The molecular formula is C24H39NO3. The number of benzene rings is 1. The normalized spacial score (nSPS) is 14.1. The predicted molar refractivity (Wildman–Crippen MR) is 115 cm³/mol. The minimum atomic E-state index is -0.630. The fraction of sp³-hybridized carbons (Fsp3) is 0.667. The average molecular weight is 390 g/mol. The van der Waals surface area contributed by atoms with Gasteiger partial charge >= 0.3 is 5.97 Å². The van der Waals surface area contributed by atoms with E-state index in [-0.39, 0.29) is 29.1 Å². The van der Waals surface area contributed by atoms with Gasteiger partial charge in [0.2, 0.25) is 5.91 Å². The van der Waals surface area contributed by atoms with E-state index in [4.69, 9.17) is 4.74 Å². The fourth-order valence-electron chi connectivity index (χ4n) is 2.89. The lowest BCUT2D eigenvalue weighted by Crippen LogP contribution is -2.46. The lowest BCUT2D eigenvalue weighted by Gasteiger charge is -2.24. The van der Waals surface area contributed by atoms with Crippen LogP contribution in [0.1, 0.15) is 78.9 Å². The Morgan fingerprint density at radius 1 is 1.00 bits per heavy atom. The first-order valence-electron chi connectivity index (χ1n) is 10.5. The van der Waals surface area contributed by atoms with Crippen molar-refractivity contribution in [3.05, 3.63) is 35.4 Å². The van der Waals surface area contributed by atoms with Crippen molar-refractivity contribution in [3.63, 3.8) is 0 Å². The largest absolute Gasteiger partial charge is 0.464 e. The van der Waals surface area contributed by atoms with Crippen molar-refractivity contribution >= 4 is 11.9 Å². The van der Waals surface area contributed by atoms with Crippen molar-refractivity contribution in [2.24, 2.45) is 17.3 Å². The second-order valence-corrected chi connectivity index (χ2v) is 9.77. The molecule has 1 amide bonds. The summed E-state index contributed by atoms with van der Waals surface area (Å²) in [5.74, 6) is -0.263. The summed E-state index contributed by atoms with van der Waals surface area (Å²) in [5, 5.41) is 2.90. The number of hydrogen-bond donors (Lipinski definition) is 1. The lowest BCUT2D eigenvalue weighted by molar-refractivity contribution is -0.149. The number of carbonyl (C=O) groups is 2. The molecule has 4 nitrogen and oxygen atoms in total. The number of rotatable bonds is 9. The summed E-state index contributed by atoms with van der Waals surface area (Å²) >= 11 is 0. The van der Waals surface area contributed by atoms with Gasteiger partial charge in [0.25, 0.3) is 0 Å². The second kappa shape index (κ2) is 10.6. The molecule has 2 atom stereocenters. The van der Waals surface area contributed by atoms with E-state index in [0.717, 1.165) is 18.4 Å². The first kappa shape index (κ1) is 24.2. The van der Waals surface area contributed by atoms with Gasteiger partial charge in [0.1, 0.15) is 6.04 Å². The Morgan fingerprint density at radius 3 is 2.04 bits per heavy atom. The van der Waals surface area contributed by atoms with Gasteiger partial charge in [-0.2, -0.15) is 0 Å². The van der Waals surface area contributed by atoms with Crippen LogP contribution in [0.5, 0.6) is 0 Å². The summed E-state index contributed by atoms with van der Waals surface area (Å²) in [4.78, 5) is 25.2. The molecule has 4 heteroatoms. The van der Waals surface area contributed by atoms with Gasteiger partial charge in [-0.1, -0.05) is 72.7 Å². The number of esters is 1. The van der Waals surface area contributed by atoms with Crippen LogP contribution in [0.25, 0.3) is 0 Å². The van der Waals surface area contributed by atoms with Crippen LogP contribution < -0.4 is 5.32 Å². The van der Waals surface area contributed by atoms with E-state index >= 15 is 0 Å². The molecule has 28 heavy (non-hydrogen) atoms. The van der Waals surface area contributed by atoms with E-state index in [1.165, 1.54) is 5.56 Å². The molecule has 1 aromatic carbocycles. The Morgan fingerprint density at radius 2 is 1.57 bits per heavy atom. The van der Waals surface area contributed by atoms with Gasteiger partial charge in [0, 0.05) is 0 Å². The Bertz CT molecular complexity index is 626. The van der Waals surface area contributed by atoms with Crippen LogP contribution in [0, 0.1) is 17.3 Å². The molecule has 0 saturated heterocycles. The second-order valence-electron chi connectivity index (χ2n) is 9.77. The highest BCUT2D eigenvalue weighted by molar-refractivity contribution is 5.88. The Hall–Kier alpha value is -1.84. The van der Waals surface area contributed by atoms with Crippen LogP contribution in [-0.2, 0) is 20.7 Å². The van der Waals surface area contributed by atoms with Gasteiger partial charge in [-0.05, 0) is 48.1 Å². The molecule has 0 saturated carbocycles. The molecule has 0 spiro atoms. The van der Waals surface area contributed by atoms with Crippen LogP contribution in [0.3, 0.4) is 0 Å². The highest BCUT2D eigenvalue weighted by atomic mass is 16.5. The van der Waals surface area contributed by atoms with Gasteiger partial charge in [-0.15, -0.1) is 0 Å². The number of carbonyl (C=O) groups excluding carboxylic acids is 2.